The molecule has 0 saturated heterocycles. The van der Waals surface area contributed by atoms with Crippen molar-refractivity contribution in [2.45, 2.75) is 43.9 Å². The van der Waals surface area contributed by atoms with Crippen LogP contribution in [0.1, 0.15) is 32.1 Å². The number of rotatable bonds is 0. The summed E-state index contributed by atoms with van der Waals surface area (Å²) in [5, 5.41) is 0. The second kappa shape index (κ2) is 2.02. The predicted octanol–water partition coefficient (Wildman–Crippen LogP) is 2.87. The molecule has 0 radical (unpaired) electrons. The van der Waals surface area contributed by atoms with Crippen molar-refractivity contribution in [2.75, 3.05) is 0 Å². The average molecular weight is 172 g/mol. The molecule has 0 N–H and O–H groups in total. The SMILES string of the molecule is FC1C2CC3CC(C2)CC1(F)C3. The van der Waals surface area contributed by atoms with Crippen molar-refractivity contribution in [1.29, 1.82) is 0 Å². The molecule has 3 unspecified atom stereocenters. The maximum absolute atomic E-state index is 13.9. The van der Waals surface area contributed by atoms with Crippen LogP contribution in [0.5, 0.6) is 0 Å². The Hall–Kier alpha value is -0.140. The van der Waals surface area contributed by atoms with Crippen LogP contribution in [0.25, 0.3) is 0 Å². The molecule has 68 valence electrons. The van der Waals surface area contributed by atoms with Crippen LogP contribution in [-0.2, 0) is 0 Å². The summed E-state index contributed by atoms with van der Waals surface area (Å²) in [5.74, 6) is 1.10. The van der Waals surface area contributed by atoms with E-state index in [0.29, 0.717) is 24.7 Å². The Balaban J connectivity index is 1.97. The van der Waals surface area contributed by atoms with Crippen LogP contribution in [0.15, 0.2) is 0 Å². The van der Waals surface area contributed by atoms with Crippen molar-refractivity contribution >= 4 is 0 Å². The molecule has 0 aromatic carbocycles. The fraction of sp³-hybridized carbons (Fsp3) is 1.00. The summed E-state index contributed by atoms with van der Waals surface area (Å²) in [7, 11) is 0. The monoisotopic (exact) mass is 172 g/mol. The molecule has 4 bridgehead atoms. The topological polar surface area (TPSA) is 0 Å². The van der Waals surface area contributed by atoms with Gasteiger partial charge in [-0.2, -0.15) is 0 Å². The lowest BCUT2D eigenvalue weighted by Gasteiger charge is -2.54. The number of hydrogen-bond acceptors (Lipinski definition) is 0. The first-order valence-electron chi connectivity index (χ1n) is 5.00. The van der Waals surface area contributed by atoms with Crippen molar-refractivity contribution in [3.05, 3.63) is 0 Å². The minimum absolute atomic E-state index is 0.0706. The van der Waals surface area contributed by atoms with Gasteiger partial charge >= 0.3 is 0 Å². The van der Waals surface area contributed by atoms with E-state index < -0.39 is 11.8 Å². The first kappa shape index (κ1) is 7.28. The number of alkyl halides is 2. The molecule has 4 aliphatic rings. The third-order valence-corrected chi connectivity index (χ3v) is 4.10. The molecule has 0 aromatic rings. The van der Waals surface area contributed by atoms with Crippen LogP contribution < -0.4 is 0 Å². The molecular weight excluding hydrogens is 158 g/mol. The molecule has 0 aliphatic heterocycles. The zero-order valence-electron chi connectivity index (χ0n) is 7.10. The Bertz CT molecular complexity index is 200. The van der Waals surface area contributed by atoms with E-state index in [4.69, 9.17) is 0 Å². The first-order chi connectivity index (χ1) is 5.67. The lowest BCUT2D eigenvalue weighted by Crippen LogP contribution is -2.56. The van der Waals surface area contributed by atoms with Crippen LogP contribution in [0, 0.1) is 17.8 Å². The molecule has 0 amide bonds. The quantitative estimate of drug-likeness (QED) is 0.527. The van der Waals surface area contributed by atoms with Crippen LogP contribution in [0.4, 0.5) is 8.78 Å². The van der Waals surface area contributed by atoms with E-state index in [1.807, 2.05) is 0 Å². The second-order valence-corrected chi connectivity index (χ2v) is 5.04. The molecule has 3 atom stereocenters. The van der Waals surface area contributed by atoms with E-state index in [0.717, 1.165) is 12.8 Å². The fourth-order valence-corrected chi connectivity index (χ4v) is 3.88. The van der Waals surface area contributed by atoms with E-state index in [2.05, 4.69) is 0 Å². The normalized spacial score (nSPS) is 62.5. The van der Waals surface area contributed by atoms with Gasteiger partial charge < -0.3 is 0 Å². The molecule has 4 saturated carbocycles. The minimum atomic E-state index is -1.41. The molecule has 12 heavy (non-hydrogen) atoms. The Kier molecular flexibility index (Phi) is 1.23. The van der Waals surface area contributed by atoms with Gasteiger partial charge in [-0.15, -0.1) is 0 Å². The van der Waals surface area contributed by atoms with Gasteiger partial charge in [0.05, 0.1) is 0 Å². The van der Waals surface area contributed by atoms with Gasteiger partial charge in [-0.1, -0.05) is 0 Å². The van der Waals surface area contributed by atoms with Gasteiger partial charge in [0.1, 0.15) is 11.8 Å². The largest absolute Gasteiger partial charge is 0.244 e. The molecule has 4 fully saturated rings. The maximum atomic E-state index is 13.9. The average Bonchev–Trinajstić information content (AvgIpc) is 1.98. The van der Waals surface area contributed by atoms with E-state index >= 15 is 0 Å². The van der Waals surface area contributed by atoms with Gasteiger partial charge in [0.15, 0.2) is 0 Å². The second-order valence-electron chi connectivity index (χ2n) is 5.04. The Morgan fingerprint density at radius 1 is 1.00 bits per heavy atom. The Morgan fingerprint density at radius 3 is 2.08 bits per heavy atom. The van der Waals surface area contributed by atoms with Crippen LogP contribution in [0.3, 0.4) is 0 Å². The van der Waals surface area contributed by atoms with Gasteiger partial charge in [0.25, 0.3) is 0 Å². The molecule has 2 heteroatoms. The highest BCUT2D eigenvalue weighted by atomic mass is 19.2. The van der Waals surface area contributed by atoms with Crippen LogP contribution >= 0.6 is 0 Å². The summed E-state index contributed by atoms with van der Waals surface area (Å²) >= 11 is 0. The van der Waals surface area contributed by atoms with Gasteiger partial charge in [-0.05, 0) is 49.9 Å². The first-order valence-corrected chi connectivity index (χ1v) is 5.00. The Labute approximate surface area is 71.3 Å². The zero-order valence-corrected chi connectivity index (χ0v) is 7.10. The lowest BCUT2D eigenvalue weighted by atomic mass is 9.54. The van der Waals surface area contributed by atoms with E-state index in [9.17, 15) is 8.78 Å². The summed E-state index contributed by atoms with van der Waals surface area (Å²) in [4.78, 5) is 0. The highest BCUT2D eigenvalue weighted by Gasteiger charge is 2.58. The van der Waals surface area contributed by atoms with Crippen LogP contribution in [0.2, 0.25) is 0 Å². The van der Waals surface area contributed by atoms with Crippen LogP contribution in [-0.4, -0.2) is 11.8 Å². The number of hydrogen-bond donors (Lipinski definition) is 0. The Morgan fingerprint density at radius 2 is 1.58 bits per heavy atom. The lowest BCUT2D eigenvalue weighted by molar-refractivity contribution is -0.134. The molecule has 0 aromatic heterocycles. The minimum Gasteiger partial charge on any atom is -0.244 e. The highest BCUT2D eigenvalue weighted by molar-refractivity contribution is 5.07. The summed E-state index contributed by atoms with van der Waals surface area (Å²) in [6.45, 7) is 0. The van der Waals surface area contributed by atoms with E-state index in [1.165, 1.54) is 6.42 Å². The molecule has 0 nitrogen and oxygen atoms in total. The molecule has 4 rings (SSSR count). The molecule has 0 spiro atoms. The van der Waals surface area contributed by atoms with Crippen molar-refractivity contribution in [3.8, 4) is 0 Å². The predicted molar refractivity (Wildman–Crippen MR) is 42.3 cm³/mol. The van der Waals surface area contributed by atoms with Crippen molar-refractivity contribution in [1.82, 2.24) is 0 Å². The fourth-order valence-electron chi connectivity index (χ4n) is 3.88. The molecule has 4 aliphatic carbocycles. The van der Waals surface area contributed by atoms with E-state index in [1.54, 1.807) is 0 Å². The van der Waals surface area contributed by atoms with Gasteiger partial charge in [-0.25, -0.2) is 8.78 Å². The van der Waals surface area contributed by atoms with Gasteiger partial charge in [-0.3, -0.25) is 0 Å². The number of halogens is 2. The smallest absolute Gasteiger partial charge is 0.142 e. The highest BCUT2D eigenvalue weighted by Crippen LogP contribution is 2.58. The summed E-state index contributed by atoms with van der Waals surface area (Å²) in [5.41, 5.74) is -1.41. The maximum Gasteiger partial charge on any atom is 0.142 e. The summed E-state index contributed by atoms with van der Waals surface area (Å²) in [6, 6.07) is 0. The third kappa shape index (κ3) is 0.763. The standard InChI is InChI=1S/C10H14F2/c11-9-8-2-6-1-7(3-8)5-10(9,12)4-6/h6-9H,1-5H2. The van der Waals surface area contributed by atoms with Gasteiger partial charge in [0.2, 0.25) is 0 Å². The molecule has 0 heterocycles. The van der Waals surface area contributed by atoms with E-state index in [-0.39, 0.29) is 5.92 Å². The molecular formula is C10H14F2. The summed E-state index contributed by atoms with van der Waals surface area (Å²) < 4.78 is 27.4. The summed E-state index contributed by atoms with van der Waals surface area (Å²) in [6.07, 6.45) is 2.99. The van der Waals surface area contributed by atoms with Gasteiger partial charge in [0, 0.05) is 0 Å². The third-order valence-electron chi connectivity index (χ3n) is 4.10. The van der Waals surface area contributed by atoms with Crippen molar-refractivity contribution in [2.24, 2.45) is 17.8 Å². The van der Waals surface area contributed by atoms with Crippen molar-refractivity contribution in [3.63, 3.8) is 0 Å². The zero-order chi connectivity index (χ0) is 8.34. The van der Waals surface area contributed by atoms with Crippen molar-refractivity contribution < 1.29 is 8.78 Å².